The van der Waals surface area contributed by atoms with Gasteiger partial charge in [-0.1, -0.05) is 20.4 Å². The number of esters is 1. The number of carbonyl (C=O) groups excluding carboxylic acids is 1. The highest BCUT2D eigenvalue weighted by molar-refractivity contribution is 5.80. The predicted octanol–water partition coefficient (Wildman–Crippen LogP) is 0.875. The van der Waals surface area contributed by atoms with E-state index in [1.165, 1.54) is 0 Å². The maximum absolute atomic E-state index is 11.4. The standard InChI is InChI=1S/C10H14O3/c1-5-6(11)4-7-10(2,3)8(5)9(12)13-7/h6-8,11H,1,4H2,2-3H3/t6-,7+,8+/m1/s1. The first-order chi connectivity index (χ1) is 5.94. The molecule has 0 amide bonds. The number of aliphatic hydroxyl groups is 1. The molecular formula is C10H14O3. The maximum Gasteiger partial charge on any atom is 0.314 e. The quantitative estimate of drug-likeness (QED) is 0.446. The molecule has 0 aromatic rings. The van der Waals surface area contributed by atoms with Gasteiger partial charge in [0.25, 0.3) is 0 Å². The van der Waals surface area contributed by atoms with Gasteiger partial charge in [-0.3, -0.25) is 4.79 Å². The molecule has 2 aliphatic rings. The fraction of sp³-hybridized carbons (Fsp3) is 0.700. The second-order valence-corrected chi connectivity index (χ2v) is 4.51. The van der Waals surface area contributed by atoms with Crippen LogP contribution in [-0.2, 0) is 9.53 Å². The molecule has 3 atom stereocenters. The van der Waals surface area contributed by atoms with Gasteiger partial charge in [0.2, 0.25) is 0 Å². The van der Waals surface area contributed by atoms with Crippen molar-refractivity contribution in [3.63, 3.8) is 0 Å². The topological polar surface area (TPSA) is 46.5 Å². The Morgan fingerprint density at radius 3 is 2.85 bits per heavy atom. The molecule has 2 bridgehead atoms. The molecule has 0 aromatic heterocycles. The monoisotopic (exact) mass is 182 g/mol. The third kappa shape index (κ3) is 0.967. The molecule has 1 saturated carbocycles. The summed E-state index contributed by atoms with van der Waals surface area (Å²) in [7, 11) is 0. The number of fused-ring (bicyclic) bond motifs is 2. The Morgan fingerprint density at radius 2 is 2.23 bits per heavy atom. The van der Waals surface area contributed by atoms with E-state index in [0.29, 0.717) is 12.0 Å². The molecular weight excluding hydrogens is 168 g/mol. The Hall–Kier alpha value is -0.830. The first-order valence-corrected chi connectivity index (χ1v) is 4.52. The summed E-state index contributed by atoms with van der Waals surface area (Å²) in [5.41, 5.74) is 0.414. The highest BCUT2D eigenvalue weighted by Gasteiger charge is 2.57. The normalized spacial score (nSPS) is 41.9. The van der Waals surface area contributed by atoms with Crippen LogP contribution in [0.15, 0.2) is 12.2 Å². The minimum absolute atomic E-state index is 0.148. The summed E-state index contributed by atoms with van der Waals surface area (Å²) in [6.45, 7) is 7.75. The number of carbonyl (C=O) groups is 1. The third-order valence-electron chi connectivity index (χ3n) is 3.30. The first-order valence-electron chi connectivity index (χ1n) is 4.52. The van der Waals surface area contributed by atoms with Crippen LogP contribution in [0.3, 0.4) is 0 Å². The van der Waals surface area contributed by atoms with E-state index in [-0.39, 0.29) is 23.4 Å². The summed E-state index contributed by atoms with van der Waals surface area (Å²) >= 11 is 0. The van der Waals surface area contributed by atoms with Gasteiger partial charge in [0.1, 0.15) is 6.10 Å². The van der Waals surface area contributed by atoms with Crippen molar-refractivity contribution in [2.24, 2.45) is 11.3 Å². The third-order valence-corrected chi connectivity index (χ3v) is 3.30. The van der Waals surface area contributed by atoms with Crippen LogP contribution in [0.1, 0.15) is 20.3 Å². The average molecular weight is 182 g/mol. The van der Waals surface area contributed by atoms with Gasteiger partial charge in [-0.2, -0.15) is 0 Å². The van der Waals surface area contributed by atoms with Crippen molar-refractivity contribution >= 4 is 5.97 Å². The van der Waals surface area contributed by atoms with Crippen LogP contribution < -0.4 is 0 Å². The van der Waals surface area contributed by atoms with Crippen LogP contribution in [-0.4, -0.2) is 23.3 Å². The second kappa shape index (κ2) is 2.35. The molecule has 1 heterocycles. The van der Waals surface area contributed by atoms with E-state index in [0.717, 1.165) is 0 Å². The Bertz CT molecular complexity index is 280. The average Bonchev–Trinajstić information content (AvgIpc) is 2.11. The molecule has 3 nitrogen and oxygen atoms in total. The zero-order valence-corrected chi connectivity index (χ0v) is 7.91. The Kier molecular flexibility index (Phi) is 1.58. The molecule has 1 saturated heterocycles. The zero-order chi connectivity index (χ0) is 9.80. The summed E-state index contributed by atoms with van der Waals surface area (Å²) < 4.78 is 5.18. The van der Waals surface area contributed by atoms with E-state index >= 15 is 0 Å². The molecule has 2 fully saturated rings. The van der Waals surface area contributed by atoms with Crippen molar-refractivity contribution in [1.82, 2.24) is 0 Å². The number of rotatable bonds is 0. The Labute approximate surface area is 77.4 Å². The van der Waals surface area contributed by atoms with Crippen LogP contribution in [0.25, 0.3) is 0 Å². The zero-order valence-electron chi connectivity index (χ0n) is 7.91. The van der Waals surface area contributed by atoms with E-state index < -0.39 is 6.10 Å². The van der Waals surface area contributed by atoms with Gasteiger partial charge in [-0.25, -0.2) is 0 Å². The van der Waals surface area contributed by atoms with Crippen LogP contribution in [0.2, 0.25) is 0 Å². The number of aliphatic hydroxyl groups excluding tert-OH is 1. The molecule has 3 heteroatoms. The highest BCUT2D eigenvalue weighted by Crippen LogP contribution is 2.50. The van der Waals surface area contributed by atoms with E-state index in [4.69, 9.17) is 4.74 Å². The maximum atomic E-state index is 11.4. The highest BCUT2D eigenvalue weighted by atomic mass is 16.6. The van der Waals surface area contributed by atoms with Gasteiger partial charge < -0.3 is 9.84 Å². The van der Waals surface area contributed by atoms with Crippen LogP contribution in [0.4, 0.5) is 0 Å². The fourth-order valence-electron chi connectivity index (χ4n) is 2.38. The molecule has 0 spiro atoms. The smallest absolute Gasteiger partial charge is 0.314 e. The molecule has 0 aromatic carbocycles. The van der Waals surface area contributed by atoms with Crippen molar-refractivity contribution in [2.75, 3.05) is 0 Å². The van der Waals surface area contributed by atoms with Gasteiger partial charge in [0, 0.05) is 11.8 Å². The minimum Gasteiger partial charge on any atom is -0.461 e. The molecule has 0 radical (unpaired) electrons. The van der Waals surface area contributed by atoms with Crippen molar-refractivity contribution in [3.8, 4) is 0 Å². The number of hydrogen-bond donors (Lipinski definition) is 1. The molecule has 1 N–H and O–H groups in total. The van der Waals surface area contributed by atoms with Gasteiger partial charge >= 0.3 is 5.97 Å². The molecule has 0 unspecified atom stereocenters. The molecule has 72 valence electrons. The first kappa shape index (κ1) is 8.75. The molecule has 1 aliphatic heterocycles. The van der Waals surface area contributed by atoms with Gasteiger partial charge in [0.15, 0.2) is 0 Å². The lowest BCUT2D eigenvalue weighted by atomic mass is 9.66. The summed E-state index contributed by atoms with van der Waals surface area (Å²) in [6.07, 6.45) is -0.228. The van der Waals surface area contributed by atoms with Gasteiger partial charge in [-0.15, -0.1) is 0 Å². The van der Waals surface area contributed by atoms with Crippen molar-refractivity contribution in [1.29, 1.82) is 0 Å². The second-order valence-electron chi connectivity index (χ2n) is 4.51. The molecule has 13 heavy (non-hydrogen) atoms. The summed E-state index contributed by atoms with van der Waals surface area (Å²) in [6, 6.07) is 0. The summed E-state index contributed by atoms with van der Waals surface area (Å²) in [4.78, 5) is 11.4. The van der Waals surface area contributed by atoms with E-state index in [1.807, 2.05) is 13.8 Å². The van der Waals surface area contributed by atoms with Crippen molar-refractivity contribution in [2.45, 2.75) is 32.5 Å². The van der Waals surface area contributed by atoms with E-state index in [9.17, 15) is 9.90 Å². The van der Waals surface area contributed by atoms with Crippen LogP contribution >= 0.6 is 0 Å². The van der Waals surface area contributed by atoms with Crippen molar-refractivity contribution in [3.05, 3.63) is 12.2 Å². The van der Waals surface area contributed by atoms with E-state index in [1.54, 1.807) is 0 Å². The minimum atomic E-state index is -0.575. The molecule has 2 rings (SSSR count). The van der Waals surface area contributed by atoms with E-state index in [2.05, 4.69) is 6.58 Å². The summed E-state index contributed by atoms with van der Waals surface area (Å²) in [5, 5.41) is 9.58. The van der Waals surface area contributed by atoms with Crippen molar-refractivity contribution < 1.29 is 14.6 Å². The lowest BCUT2D eigenvalue weighted by Gasteiger charge is -2.36. The van der Waals surface area contributed by atoms with Crippen LogP contribution in [0, 0.1) is 11.3 Å². The Morgan fingerprint density at radius 1 is 1.62 bits per heavy atom. The van der Waals surface area contributed by atoms with Gasteiger partial charge in [0.05, 0.1) is 12.0 Å². The molecule has 1 aliphatic carbocycles. The predicted molar refractivity (Wildman–Crippen MR) is 46.9 cm³/mol. The number of hydrogen-bond acceptors (Lipinski definition) is 3. The largest absolute Gasteiger partial charge is 0.461 e. The van der Waals surface area contributed by atoms with Crippen LogP contribution in [0.5, 0.6) is 0 Å². The SMILES string of the molecule is C=C1[C@H]2C(=O)O[C@@H](C[C@H]1O)C2(C)C. The summed E-state index contributed by atoms with van der Waals surface area (Å²) in [5.74, 6) is -0.544. The lowest BCUT2D eigenvalue weighted by molar-refractivity contribution is -0.143. The Balaban J connectivity index is 2.42. The fourth-order valence-corrected chi connectivity index (χ4v) is 2.38. The number of ether oxygens (including phenoxy) is 1. The lowest BCUT2D eigenvalue weighted by Crippen LogP contribution is -2.41. The van der Waals surface area contributed by atoms with Gasteiger partial charge in [-0.05, 0) is 5.57 Å².